The molecule has 1 unspecified atom stereocenters. The quantitative estimate of drug-likeness (QED) is 0.611. The van der Waals surface area contributed by atoms with E-state index in [0.717, 1.165) is 0 Å². The molecule has 0 aliphatic heterocycles. The molecule has 7 nitrogen and oxygen atoms in total. The average molecular weight is 259 g/mol. The number of carbonyl (C=O) groups excluding carboxylic acids is 2. The van der Waals surface area contributed by atoms with Gasteiger partial charge in [-0.25, -0.2) is 4.79 Å². The van der Waals surface area contributed by atoms with Crippen LogP contribution in [0.15, 0.2) is 0 Å². The van der Waals surface area contributed by atoms with E-state index in [9.17, 15) is 14.4 Å². The van der Waals surface area contributed by atoms with Crippen molar-refractivity contribution in [3.05, 3.63) is 0 Å². The van der Waals surface area contributed by atoms with E-state index in [1.54, 1.807) is 13.8 Å². The van der Waals surface area contributed by atoms with Crippen LogP contribution in [0.5, 0.6) is 0 Å². The van der Waals surface area contributed by atoms with Gasteiger partial charge in [0.25, 0.3) is 0 Å². The van der Waals surface area contributed by atoms with Crippen LogP contribution >= 0.6 is 0 Å². The van der Waals surface area contributed by atoms with E-state index in [2.05, 4.69) is 10.6 Å². The lowest BCUT2D eigenvalue weighted by Crippen LogP contribution is -2.45. The second-order valence-electron chi connectivity index (χ2n) is 4.40. The number of aliphatic carboxylic acids is 1. The SMILES string of the molecule is CNC(=O)CN(C)C(=O)NCC(C(=O)O)C(C)C. The van der Waals surface area contributed by atoms with Gasteiger partial charge in [0.15, 0.2) is 0 Å². The van der Waals surface area contributed by atoms with Crippen molar-refractivity contribution in [2.75, 3.05) is 27.2 Å². The fraction of sp³-hybridized carbons (Fsp3) is 0.727. The van der Waals surface area contributed by atoms with E-state index in [1.807, 2.05) is 0 Å². The van der Waals surface area contributed by atoms with Gasteiger partial charge < -0.3 is 20.6 Å². The molecule has 0 spiro atoms. The van der Waals surface area contributed by atoms with Gasteiger partial charge in [0.1, 0.15) is 6.54 Å². The average Bonchev–Trinajstić information content (AvgIpc) is 2.27. The zero-order chi connectivity index (χ0) is 14.3. The first-order valence-electron chi connectivity index (χ1n) is 5.72. The van der Waals surface area contributed by atoms with Crippen LogP contribution in [0.1, 0.15) is 13.8 Å². The fourth-order valence-electron chi connectivity index (χ4n) is 1.31. The Labute approximate surface area is 107 Å². The number of carboxylic acid groups (broad SMARTS) is 1. The molecule has 104 valence electrons. The summed E-state index contributed by atoms with van der Waals surface area (Å²) in [6, 6.07) is -0.467. The number of hydrogen-bond acceptors (Lipinski definition) is 3. The van der Waals surface area contributed by atoms with Gasteiger partial charge in [-0.05, 0) is 5.92 Å². The third-order valence-corrected chi connectivity index (χ3v) is 2.60. The minimum absolute atomic E-state index is 0.0456. The zero-order valence-electron chi connectivity index (χ0n) is 11.2. The highest BCUT2D eigenvalue weighted by Gasteiger charge is 2.22. The monoisotopic (exact) mass is 259 g/mol. The summed E-state index contributed by atoms with van der Waals surface area (Å²) in [5, 5.41) is 13.8. The van der Waals surface area contributed by atoms with Crippen LogP contribution in [0.2, 0.25) is 0 Å². The number of hydrogen-bond donors (Lipinski definition) is 3. The molecule has 7 heteroatoms. The van der Waals surface area contributed by atoms with Gasteiger partial charge in [-0.1, -0.05) is 13.8 Å². The zero-order valence-corrected chi connectivity index (χ0v) is 11.2. The Bertz CT molecular complexity index is 317. The molecule has 0 aliphatic rings. The van der Waals surface area contributed by atoms with E-state index in [4.69, 9.17) is 5.11 Å². The summed E-state index contributed by atoms with van der Waals surface area (Å²) < 4.78 is 0. The second-order valence-corrected chi connectivity index (χ2v) is 4.40. The normalized spacial score (nSPS) is 11.8. The third-order valence-electron chi connectivity index (χ3n) is 2.60. The first-order chi connectivity index (χ1) is 8.29. The summed E-state index contributed by atoms with van der Waals surface area (Å²) in [5.74, 6) is -1.94. The summed E-state index contributed by atoms with van der Waals surface area (Å²) in [5.41, 5.74) is 0. The lowest BCUT2D eigenvalue weighted by atomic mass is 9.96. The fourth-order valence-corrected chi connectivity index (χ4v) is 1.31. The highest BCUT2D eigenvalue weighted by molar-refractivity contribution is 5.83. The molecule has 0 saturated heterocycles. The Hall–Kier alpha value is -1.79. The Morgan fingerprint density at radius 2 is 1.83 bits per heavy atom. The van der Waals surface area contributed by atoms with Gasteiger partial charge in [-0.15, -0.1) is 0 Å². The topological polar surface area (TPSA) is 98.7 Å². The first-order valence-corrected chi connectivity index (χ1v) is 5.72. The predicted molar refractivity (Wildman–Crippen MR) is 66.1 cm³/mol. The summed E-state index contributed by atoms with van der Waals surface area (Å²) >= 11 is 0. The minimum atomic E-state index is -0.945. The van der Waals surface area contributed by atoms with Crippen LogP contribution in [-0.4, -0.2) is 55.1 Å². The van der Waals surface area contributed by atoms with Gasteiger partial charge in [-0.2, -0.15) is 0 Å². The van der Waals surface area contributed by atoms with Crippen LogP contribution in [0.3, 0.4) is 0 Å². The van der Waals surface area contributed by atoms with Gasteiger partial charge in [0.05, 0.1) is 5.92 Å². The van der Waals surface area contributed by atoms with Crippen LogP contribution in [0.25, 0.3) is 0 Å². The van der Waals surface area contributed by atoms with Crippen molar-refractivity contribution in [3.8, 4) is 0 Å². The van der Waals surface area contributed by atoms with Gasteiger partial charge in [0.2, 0.25) is 5.91 Å². The molecule has 1 atom stereocenters. The molecule has 0 saturated carbocycles. The third kappa shape index (κ3) is 5.51. The number of carboxylic acids is 1. The molecule has 0 heterocycles. The molecule has 3 N–H and O–H groups in total. The predicted octanol–water partition coefficient (Wildman–Crippen LogP) is -0.269. The highest BCUT2D eigenvalue weighted by Crippen LogP contribution is 2.09. The molecule has 0 bridgehead atoms. The Kier molecular flexibility index (Phi) is 6.77. The van der Waals surface area contributed by atoms with Gasteiger partial charge in [-0.3, -0.25) is 9.59 Å². The summed E-state index contributed by atoms with van der Waals surface area (Å²) in [6.07, 6.45) is 0. The largest absolute Gasteiger partial charge is 0.481 e. The molecule has 18 heavy (non-hydrogen) atoms. The van der Waals surface area contributed by atoms with Gasteiger partial charge >= 0.3 is 12.0 Å². The maximum Gasteiger partial charge on any atom is 0.317 e. The molecule has 0 radical (unpaired) electrons. The van der Waals surface area contributed by atoms with Gasteiger partial charge in [0, 0.05) is 20.6 Å². The molecule has 3 amide bonds. The minimum Gasteiger partial charge on any atom is -0.481 e. The number of likely N-dealkylation sites (N-methyl/N-ethyl adjacent to an activating group) is 2. The molecular weight excluding hydrogens is 238 g/mol. The van der Waals surface area contributed by atoms with E-state index in [-0.39, 0.29) is 24.9 Å². The molecule has 0 aromatic rings. The van der Waals surface area contributed by atoms with Crippen LogP contribution in [0, 0.1) is 11.8 Å². The summed E-state index contributed by atoms with van der Waals surface area (Å²) in [6.45, 7) is 3.53. The van der Waals surface area contributed by atoms with E-state index in [1.165, 1.54) is 19.0 Å². The molecular formula is C11H21N3O4. The van der Waals surface area contributed by atoms with Crippen molar-refractivity contribution in [2.24, 2.45) is 11.8 Å². The van der Waals surface area contributed by atoms with Crippen molar-refractivity contribution >= 4 is 17.9 Å². The van der Waals surface area contributed by atoms with Crippen molar-refractivity contribution in [3.63, 3.8) is 0 Å². The number of carbonyl (C=O) groups is 3. The van der Waals surface area contributed by atoms with Crippen LogP contribution < -0.4 is 10.6 Å². The van der Waals surface area contributed by atoms with Crippen LogP contribution in [-0.2, 0) is 9.59 Å². The van der Waals surface area contributed by atoms with E-state index in [0.29, 0.717) is 0 Å². The molecule has 0 aliphatic carbocycles. The van der Waals surface area contributed by atoms with E-state index >= 15 is 0 Å². The number of amides is 3. The van der Waals surface area contributed by atoms with Crippen LogP contribution in [0.4, 0.5) is 4.79 Å². The Morgan fingerprint density at radius 3 is 2.22 bits per heavy atom. The Morgan fingerprint density at radius 1 is 1.28 bits per heavy atom. The maximum atomic E-state index is 11.6. The number of nitrogens with one attached hydrogen (secondary N) is 2. The number of rotatable bonds is 6. The van der Waals surface area contributed by atoms with Crippen molar-refractivity contribution in [1.82, 2.24) is 15.5 Å². The van der Waals surface area contributed by atoms with Crippen molar-refractivity contribution < 1.29 is 19.5 Å². The lowest BCUT2D eigenvalue weighted by molar-refractivity contribution is -0.143. The smallest absolute Gasteiger partial charge is 0.317 e. The standard InChI is InChI=1S/C11H21N3O4/c1-7(2)8(10(16)17)5-13-11(18)14(4)6-9(15)12-3/h7-8H,5-6H2,1-4H3,(H,12,15)(H,13,18)(H,16,17). The summed E-state index contributed by atoms with van der Waals surface area (Å²) in [7, 11) is 2.95. The van der Waals surface area contributed by atoms with Crippen molar-refractivity contribution in [1.29, 1.82) is 0 Å². The Balaban J connectivity index is 4.23. The molecule has 0 fully saturated rings. The first kappa shape index (κ1) is 16.2. The van der Waals surface area contributed by atoms with E-state index < -0.39 is 17.9 Å². The molecule has 0 rings (SSSR count). The summed E-state index contributed by atoms with van der Waals surface area (Å²) in [4.78, 5) is 34.8. The molecule has 0 aromatic heterocycles. The maximum absolute atomic E-state index is 11.6. The lowest BCUT2D eigenvalue weighted by Gasteiger charge is -2.20. The number of nitrogens with zero attached hydrogens (tertiary/aromatic N) is 1. The highest BCUT2D eigenvalue weighted by atomic mass is 16.4. The number of urea groups is 1. The van der Waals surface area contributed by atoms with Crippen molar-refractivity contribution in [2.45, 2.75) is 13.8 Å². The second kappa shape index (κ2) is 7.52. The molecule has 0 aromatic carbocycles.